The Hall–Kier alpha value is -0.150. The first-order valence-electron chi connectivity index (χ1n) is 8.56. The summed E-state index contributed by atoms with van der Waals surface area (Å²) in [7, 11) is 0. The summed E-state index contributed by atoms with van der Waals surface area (Å²) in [5, 5.41) is 3.82. The van der Waals surface area contributed by atoms with E-state index in [0.29, 0.717) is 18.5 Å². The number of hydrogen-bond donors (Lipinski definition) is 1. The van der Waals surface area contributed by atoms with E-state index in [1.165, 1.54) is 32.1 Å². The summed E-state index contributed by atoms with van der Waals surface area (Å²) in [5.74, 6) is 0.845. The largest absolute Gasteiger partial charge is 0.311 e. The molecule has 2 unspecified atom stereocenters. The van der Waals surface area contributed by atoms with E-state index < -0.39 is 0 Å². The number of piperazine rings is 1. The number of halogens is 1. The molecule has 3 heteroatoms. The lowest BCUT2D eigenvalue weighted by atomic mass is 9.79. The first-order valence-corrected chi connectivity index (χ1v) is 8.56. The van der Waals surface area contributed by atoms with Crippen LogP contribution >= 0.6 is 0 Å². The molecule has 2 nitrogen and oxygen atoms in total. The van der Waals surface area contributed by atoms with Crippen molar-refractivity contribution >= 4 is 0 Å². The maximum absolute atomic E-state index is 12.6. The fraction of sp³-hybridized carbons (Fsp3) is 1.00. The monoisotopic (exact) mass is 284 g/mol. The molecule has 0 aromatic heterocycles. The predicted octanol–water partition coefficient (Wildman–Crippen LogP) is 3.61. The third kappa shape index (κ3) is 4.17. The van der Waals surface area contributed by atoms with Gasteiger partial charge in [-0.3, -0.25) is 9.29 Å². The number of rotatable bonds is 4. The highest BCUT2D eigenvalue weighted by atomic mass is 19.1. The Bertz CT molecular complexity index is 281. The van der Waals surface area contributed by atoms with E-state index in [4.69, 9.17) is 0 Å². The van der Waals surface area contributed by atoms with Crippen LogP contribution in [0.4, 0.5) is 4.39 Å². The first-order chi connectivity index (χ1) is 9.52. The second-order valence-electron chi connectivity index (χ2n) is 7.83. The van der Waals surface area contributed by atoms with Gasteiger partial charge in [0.1, 0.15) is 0 Å². The molecule has 1 aliphatic heterocycles. The molecule has 2 fully saturated rings. The standard InChI is InChI=1S/C17H33FN2/c1-17(2,3)16-12-19-15(13-20(16)11-7-10-18)14-8-5-4-6-9-14/h14-16,19H,4-13H2,1-3H3. The van der Waals surface area contributed by atoms with E-state index in [-0.39, 0.29) is 12.1 Å². The average Bonchev–Trinajstić information content (AvgIpc) is 2.44. The van der Waals surface area contributed by atoms with Gasteiger partial charge in [-0.1, -0.05) is 40.0 Å². The van der Waals surface area contributed by atoms with Crippen LogP contribution < -0.4 is 5.32 Å². The van der Waals surface area contributed by atoms with E-state index >= 15 is 0 Å². The summed E-state index contributed by atoms with van der Waals surface area (Å²) in [6.07, 6.45) is 7.67. The molecule has 2 atom stereocenters. The molecule has 0 spiro atoms. The van der Waals surface area contributed by atoms with Gasteiger partial charge in [-0.25, -0.2) is 0 Å². The Morgan fingerprint density at radius 1 is 1.15 bits per heavy atom. The molecule has 0 amide bonds. The van der Waals surface area contributed by atoms with Crippen LogP contribution in [0.25, 0.3) is 0 Å². The summed E-state index contributed by atoms with van der Waals surface area (Å²) < 4.78 is 12.6. The smallest absolute Gasteiger partial charge is 0.0906 e. The molecule has 2 aliphatic rings. The summed E-state index contributed by atoms with van der Waals surface area (Å²) >= 11 is 0. The summed E-state index contributed by atoms with van der Waals surface area (Å²) in [6, 6.07) is 1.17. The third-order valence-corrected chi connectivity index (χ3v) is 5.24. The van der Waals surface area contributed by atoms with Crippen molar-refractivity contribution in [3.63, 3.8) is 0 Å². The van der Waals surface area contributed by atoms with Crippen LogP contribution in [-0.4, -0.2) is 43.3 Å². The van der Waals surface area contributed by atoms with E-state index in [0.717, 1.165) is 25.6 Å². The Balaban J connectivity index is 1.96. The van der Waals surface area contributed by atoms with E-state index in [1.54, 1.807) is 0 Å². The molecule has 0 radical (unpaired) electrons. The van der Waals surface area contributed by atoms with Crippen LogP contribution in [-0.2, 0) is 0 Å². The van der Waals surface area contributed by atoms with Gasteiger partial charge in [-0.15, -0.1) is 0 Å². The van der Waals surface area contributed by atoms with E-state index in [9.17, 15) is 4.39 Å². The summed E-state index contributed by atoms with van der Waals surface area (Å²) in [6.45, 7) is 9.84. The van der Waals surface area contributed by atoms with Crippen LogP contribution in [0.15, 0.2) is 0 Å². The number of nitrogens with one attached hydrogen (secondary N) is 1. The Morgan fingerprint density at radius 3 is 2.45 bits per heavy atom. The minimum absolute atomic E-state index is 0.186. The van der Waals surface area contributed by atoms with Gasteiger partial charge in [0.2, 0.25) is 0 Å². The number of alkyl halides is 1. The van der Waals surface area contributed by atoms with Crippen molar-refractivity contribution in [3.8, 4) is 0 Å². The molecule has 0 aromatic carbocycles. The van der Waals surface area contributed by atoms with E-state index in [1.807, 2.05) is 0 Å². The zero-order chi connectivity index (χ0) is 14.6. The van der Waals surface area contributed by atoms with Gasteiger partial charge in [-0.05, 0) is 30.6 Å². The summed E-state index contributed by atoms with van der Waals surface area (Å²) in [4.78, 5) is 2.56. The quantitative estimate of drug-likeness (QED) is 0.848. The van der Waals surface area contributed by atoms with Crippen molar-refractivity contribution in [3.05, 3.63) is 0 Å². The van der Waals surface area contributed by atoms with Gasteiger partial charge in [-0.2, -0.15) is 0 Å². The van der Waals surface area contributed by atoms with Crippen LogP contribution in [0.1, 0.15) is 59.3 Å². The highest BCUT2D eigenvalue weighted by Gasteiger charge is 2.37. The molecule has 1 saturated heterocycles. The Morgan fingerprint density at radius 2 is 1.85 bits per heavy atom. The van der Waals surface area contributed by atoms with Crippen LogP contribution in [0.3, 0.4) is 0 Å². The SMILES string of the molecule is CC(C)(C)C1CNC(C2CCCCC2)CN1CCCF. The second kappa shape index (κ2) is 7.22. The molecular weight excluding hydrogens is 251 g/mol. The third-order valence-electron chi connectivity index (χ3n) is 5.24. The molecule has 1 heterocycles. The molecule has 1 N–H and O–H groups in total. The van der Waals surface area contributed by atoms with Crippen molar-refractivity contribution in [1.82, 2.24) is 10.2 Å². The minimum atomic E-state index is -0.186. The second-order valence-corrected chi connectivity index (χ2v) is 7.83. The molecular formula is C17H33FN2. The van der Waals surface area contributed by atoms with Crippen LogP contribution in [0.2, 0.25) is 0 Å². The van der Waals surface area contributed by atoms with Crippen molar-refractivity contribution < 1.29 is 4.39 Å². The Labute approximate surface area is 124 Å². The highest BCUT2D eigenvalue weighted by Crippen LogP contribution is 2.32. The first kappa shape index (κ1) is 16.2. The van der Waals surface area contributed by atoms with Gasteiger partial charge in [0.25, 0.3) is 0 Å². The average molecular weight is 284 g/mol. The van der Waals surface area contributed by atoms with Gasteiger partial charge >= 0.3 is 0 Å². The van der Waals surface area contributed by atoms with Gasteiger partial charge in [0, 0.05) is 31.7 Å². The van der Waals surface area contributed by atoms with Crippen LogP contribution in [0, 0.1) is 11.3 Å². The lowest BCUT2D eigenvalue weighted by Crippen LogP contribution is -2.62. The maximum Gasteiger partial charge on any atom is 0.0906 e. The molecule has 1 aliphatic carbocycles. The van der Waals surface area contributed by atoms with Gasteiger partial charge in [0.15, 0.2) is 0 Å². The Kier molecular flexibility index (Phi) is 5.85. The normalized spacial score (nSPS) is 30.6. The maximum atomic E-state index is 12.6. The molecule has 0 aromatic rings. The molecule has 2 rings (SSSR count). The number of nitrogens with zero attached hydrogens (tertiary/aromatic N) is 1. The van der Waals surface area contributed by atoms with Crippen molar-refractivity contribution in [2.24, 2.45) is 11.3 Å². The fourth-order valence-corrected chi connectivity index (χ4v) is 4.05. The molecule has 118 valence electrons. The van der Waals surface area contributed by atoms with Crippen molar-refractivity contribution in [2.75, 3.05) is 26.3 Å². The highest BCUT2D eigenvalue weighted by molar-refractivity contribution is 4.94. The predicted molar refractivity (Wildman–Crippen MR) is 83.8 cm³/mol. The zero-order valence-corrected chi connectivity index (χ0v) is 13.6. The van der Waals surface area contributed by atoms with Gasteiger partial charge in [0.05, 0.1) is 6.67 Å². The number of hydrogen-bond acceptors (Lipinski definition) is 2. The zero-order valence-electron chi connectivity index (χ0n) is 13.6. The topological polar surface area (TPSA) is 15.3 Å². The fourth-order valence-electron chi connectivity index (χ4n) is 4.05. The molecule has 20 heavy (non-hydrogen) atoms. The lowest BCUT2D eigenvalue weighted by Gasteiger charge is -2.48. The van der Waals surface area contributed by atoms with Gasteiger partial charge < -0.3 is 5.32 Å². The summed E-state index contributed by atoms with van der Waals surface area (Å²) in [5.41, 5.74) is 0.265. The molecule has 1 saturated carbocycles. The van der Waals surface area contributed by atoms with E-state index in [2.05, 4.69) is 31.0 Å². The molecule has 0 bridgehead atoms. The van der Waals surface area contributed by atoms with Crippen molar-refractivity contribution in [1.29, 1.82) is 0 Å². The lowest BCUT2D eigenvalue weighted by molar-refractivity contribution is 0.0356. The van der Waals surface area contributed by atoms with Crippen molar-refractivity contribution in [2.45, 2.75) is 71.4 Å². The van der Waals surface area contributed by atoms with Crippen LogP contribution in [0.5, 0.6) is 0 Å². The minimum Gasteiger partial charge on any atom is -0.311 e.